The van der Waals surface area contributed by atoms with Gasteiger partial charge >= 0.3 is 6.16 Å². The number of aryl methyl sites for hydroxylation is 1. The van der Waals surface area contributed by atoms with Crippen LogP contribution in [-0.2, 0) is 33.5 Å². The number of anilines is 1. The summed E-state index contributed by atoms with van der Waals surface area (Å²) in [5.74, 6) is -2.87. The van der Waals surface area contributed by atoms with Gasteiger partial charge in [-0.3, -0.25) is 33.7 Å². The zero-order chi connectivity index (χ0) is 27.0. The highest BCUT2D eigenvalue weighted by atomic mass is 16.8. The van der Waals surface area contributed by atoms with Crippen LogP contribution >= 0.6 is 0 Å². The summed E-state index contributed by atoms with van der Waals surface area (Å²) in [6.45, 7) is 1.78. The number of fused-ring (bicyclic) bond motifs is 3. The van der Waals surface area contributed by atoms with Crippen molar-refractivity contribution in [1.82, 2.24) is 9.96 Å². The molecule has 11 heteroatoms. The summed E-state index contributed by atoms with van der Waals surface area (Å²) in [5, 5.41) is 3.21. The number of imide groups is 2. The normalized spacial score (nSPS) is 17.7. The maximum atomic E-state index is 12.5. The Morgan fingerprint density at radius 1 is 0.921 bits per heavy atom. The first-order valence-electron chi connectivity index (χ1n) is 12.0. The Hall–Kier alpha value is -4.80. The third-order valence-electron chi connectivity index (χ3n) is 6.59. The van der Waals surface area contributed by atoms with Crippen molar-refractivity contribution < 1.29 is 38.3 Å². The molecule has 5 rings (SSSR count). The highest BCUT2D eigenvalue weighted by Crippen LogP contribution is 2.46. The van der Waals surface area contributed by atoms with E-state index in [-0.39, 0.29) is 44.2 Å². The lowest BCUT2D eigenvalue weighted by Crippen LogP contribution is -2.33. The number of nitrogens with one attached hydrogen (secondary N) is 1. The minimum Gasteiger partial charge on any atom is -0.432 e. The molecule has 1 unspecified atom stereocenters. The van der Waals surface area contributed by atoms with E-state index in [0.29, 0.717) is 10.8 Å². The third-order valence-corrected chi connectivity index (χ3v) is 6.59. The average Bonchev–Trinajstić information content (AvgIpc) is 3.49. The summed E-state index contributed by atoms with van der Waals surface area (Å²) in [4.78, 5) is 77.5. The summed E-state index contributed by atoms with van der Waals surface area (Å²) in [7, 11) is 0. The van der Waals surface area contributed by atoms with Crippen LogP contribution in [0.3, 0.4) is 0 Å². The van der Waals surface area contributed by atoms with Gasteiger partial charge in [0.25, 0.3) is 23.6 Å². The number of hydrogen-bond donors (Lipinski definition) is 1. The quantitative estimate of drug-likeness (QED) is 0.437. The van der Waals surface area contributed by atoms with Crippen LogP contribution in [0, 0.1) is 6.92 Å². The van der Waals surface area contributed by atoms with Gasteiger partial charge in [-0.2, -0.15) is 0 Å². The molecule has 1 fully saturated rings. The lowest BCUT2D eigenvalue weighted by atomic mass is 9.96. The maximum Gasteiger partial charge on any atom is 0.533 e. The molecule has 2 aromatic carbocycles. The third kappa shape index (κ3) is 4.77. The Labute approximate surface area is 216 Å². The first-order valence-corrected chi connectivity index (χ1v) is 12.0. The van der Waals surface area contributed by atoms with Crippen molar-refractivity contribution >= 4 is 41.4 Å². The van der Waals surface area contributed by atoms with Crippen molar-refractivity contribution in [2.45, 2.75) is 32.1 Å². The van der Waals surface area contributed by atoms with Crippen molar-refractivity contribution in [2.75, 3.05) is 18.5 Å². The van der Waals surface area contributed by atoms with E-state index in [1.165, 1.54) is 12.2 Å². The second-order valence-corrected chi connectivity index (χ2v) is 9.14. The van der Waals surface area contributed by atoms with E-state index >= 15 is 0 Å². The molecule has 11 nitrogen and oxygen atoms in total. The minimum absolute atomic E-state index is 0.0230. The average molecular weight is 517 g/mol. The van der Waals surface area contributed by atoms with Gasteiger partial charge in [0.05, 0.1) is 0 Å². The number of carbonyl (C=O) groups excluding carboxylic acids is 6. The summed E-state index contributed by atoms with van der Waals surface area (Å²) in [5.41, 5.74) is 5.09. The van der Waals surface area contributed by atoms with Gasteiger partial charge in [0, 0.05) is 49.6 Å². The molecular weight excluding hydrogens is 494 g/mol. The van der Waals surface area contributed by atoms with Gasteiger partial charge in [-0.1, -0.05) is 34.9 Å². The molecule has 1 N–H and O–H groups in total. The Bertz CT molecular complexity index is 1400. The van der Waals surface area contributed by atoms with Crippen molar-refractivity contribution in [3.8, 4) is 11.1 Å². The van der Waals surface area contributed by atoms with Crippen molar-refractivity contribution in [1.29, 1.82) is 0 Å². The lowest BCUT2D eigenvalue weighted by Gasteiger charge is -2.17. The predicted octanol–water partition coefficient (Wildman–Crippen LogP) is 2.58. The Kier molecular flexibility index (Phi) is 6.50. The highest BCUT2D eigenvalue weighted by molar-refractivity contribution is 6.13. The van der Waals surface area contributed by atoms with Crippen LogP contribution in [0.15, 0.2) is 48.6 Å². The second kappa shape index (κ2) is 9.92. The first kappa shape index (κ1) is 24.9. The molecule has 0 radical (unpaired) electrons. The molecule has 0 bridgehead atoms. The van der Waals surface area contributed by atoms with Crippen LogP contribution in [0.25, 0.3) is 11.1 Å². The van der Waals surface area contributed by atoms with Crippen molar-refractivity contribution in [3.63, 3.8) is 0 Å². The van der Waals surface area contributed by atoms with E-state index < -0.39 is 29.8 Å². The summed E-state index contributed by atoms with van der Waals surface area (Å²) in [6.07, 6.45) is 1.05. The SMILES string of the molecule is Cc1ccc2c(c1)C(COC(=O)ON1C(=O)CCC1=O)c1cc(NC(=O)CCN3C(=O)C=CC3=O)ccc1-2. The van der Waals surface area contributed by atoms with Gasteiger partial charge in [-0.25, -0.2) is 4.79 Å². The van der Waals surface area contributed by atoms with Crippen LogP contribution in [0.4, 0.5) is 10.5 Å². The van der Waals surface area contributed by atoms with Crippen LogP contribution < -0.4 is 5.32 Å². The second-order valence-electron chi connectivity index (χ2n) is 9.14. The van der Waals surface area contributed by atoms with E-state index in [2.05, 4.69) is 5.32 Å². The van der Waals surface area contributed by atoms with E-state index in [1.54, 1.807) is 12.1 Å². The van der Waals surface area contributed by atoms with Gasteiger partial charge in [0.2, 0.25) is 5.91 Å². The molecule has 1 atom stereocenters. The van der Waals surface area contributed by atoms with Gasteiger partial charge < -0.3 is 10.1 Å². The molecule has 38 heavy (non-hydrogen) atoms. The van der Waals surface area contributed by atoms with Gasteiger partial charge in [0.1, 0.15) is 6.61 Å². The largest absolute Gasteiger partial charge is 0.533 e. The van der Waals surface area contributed by atoms with Gasteiger partial charge in [0.15, 0.2) is 0 Å². The number of ether oxygens (including phenoxy) is 1. The zero-order valence-electron chi connectivity index (χ0n) is 20.4. The summed E-state index contributed by atoms with van der Waals surface area (Å²) >= 11 is 0. The molecule has 194 valence electrons. The van der Waals surface area contributed by atoms with E-state index in [4.69, 9.17) is 9.57 Å². The van der Waals surface area contributed by atoms with E-state index in [9.17, 15) is 28.8 Å². The van der Waals surface area contributed by atoms with Crippen LogP contribution in [-0.4, -0.2) is 58.8 Å². The summed E-state index contributed by atoms with van der Waals surface area (Å²) in [6, 6.07) is 11.3. The fraction of sp³-hybridized carbons (Fsp3) is 0.259. The maximum absolute atomic E-state index is 12.5. The molecule has 0 saturated carbocycles. The lowest BCUT2D eigenvalue weighted by molar-refractivity contribution is -0.177. The molecule has 2 aromatic rings. The van der Waals surface area contributed by atoms with E-state index in [0.717, 1.165) is 32.7 Å². The number of hydroxylamine groups is 2. The van der Waals surface area contributed by atoms with Crippen molar-refractivity contribution in [3.05, 3.63) is 65.2 Å². The molecule has 1 saturated heterocycles. The molecule has 2 heterocycles. The number of carbonyl (C=O) groups is 6. The van der Waals surface area contributed by atoms with Crippen molar-refractivity contribution in [2.24, 2.45) is 0 Å². The van der Waals surface area contributed by atoms with Crippen LogP contribution in [0.2, 0.25) is 0 Å². The summed E-state index contributed by atoms with van der Waals surface area (Å²) < 4.78 is 5.30. The Balaban J connectivity index is 1.29. The smallest absolute Gasteiger partial charge is 0.432 e. The highest BCUT2D eigenvalue weighted by Gasteiger charge is 2.35. The topological polar surface area (TPSA) is 139 Å². The monoisotopic (exact) mass is 517 g/mol. The predicted molar refractivity (Wildman–Crippen MR) is 131 cm³/mol. The number of rotatable bonds is 7. The fourth-order valence-electron chi connectivity index (χ4n) is 4.74. The number of nitrogens with zero attached hydrogens (tertiary/aromatic N) is 2. The Morgan fingerprint density at radius 2 is 1.55 bits per heavy atom. The number of amides is 5. The molecule has 3 aliphatic rings. The van der Waals surface area contributed by atoms with Crippen LogP contribution in [0.1, 0.15) is 41.9 Å². The van der Waals surface area contributed by atoms with Gasteiger partial charge in [-0.05, 0) is 41.3 Å². The molecular formula is C27H23N3O8. The Morgan fingerprint density at radius 3 is 2.24 bits per heavy atom. The standard InChI is InChI=1S/C27H23N3O8/c1-15-2-4-17-18-5-3-16(28-22(31)10-11-29-23(32)6-7-24(29)33)13-20(18)21(19(17)12-15)14-37-27(36)38-30-25(34)8-9-26(30)35/h2-7,12-13,21H,8-11,14H2,1H3,(H,28,31). The zero-order valence-corrected chi connectivity index (χ0v) is 20.4. The molecule has 2 aliphatic heterocycles. The molecule has 0 spiro atoms. The fourth-order valence-corrected chi connectivity index (χ4v) is 4.74. The molecule has 5 amide bonds. The number of hydrogen-bond acceptors (Lipinski definition) is 8. The molecule has 1 aliphatic carbocycles. The number of benzene rings is 2. The van der Waals surface area contributed by atoms with Crippen LogP contribution in [0.5, 0.6) is 0 Å². The minimum atomic E-state index is -1.17. The first-order chi connectivity index (χ1) is 18.2. The van der Waals surface area contributed by atoms with Gasteiger partial charge in [-0.15, -0.1) is 0 Å². The van der Waals surface area contributed by atoms with E-state index in [1.807, 2.05) is 31.2 Å². The molecule has 0 aromatic heterocycles.